The Morgan fingerprint density at radius 2 is 1.94 bits per heavy atom. The molecule has 0 saturated carbocycles. The van der Waals surface area contributed by atoms with Crippen molar-refractivity contribution in [3.63, 3.8) is 0 Å². The van der Waals surface area contributed by atoms with E-state index in [4.69, 9.17) is 4.43 Å². The van der Waals surface area contributed by atoms with Crippen LogP contribution in [0.4, 0.5) is 4.79 Å². The van der Waals surface area contributed by atoms with Gasteiger partial charge in [-0.2, -0.15) is 0 Å². The molecule has 5 nitrogen and oxygen atoms in total. The fraction of sp³-hybridized carbons (Fsp3) is 0.800. The van der Waals surface area contributed by atoms with Gasteiger partial charge < -0.3 is 14.5 Å². The third-order valence-electron chi connectivity index (χ3n) is 3.19. The van der Waals surface area contributed by atoms with Gasteiger partial charge in [0.25, 0.3) is 0 Å². The molecule has 1 aliphatic heterocycles. The highest BCUT2D eigenvalue weighted by Crippen LogP contribution is 2.36. The lowest BCUT2D eigenvalue weighted by molar-refractivity contribution is -0.135. The van der Waals surface area contributed by atoms with Gasteiger partial charge in [-0.05, 0) is 18.1 Å². The molecule has 0 bridgehead atoms. The summed E-state index contributed by atoms with van der Waals surface area (Å²) in [5, 5.41) is 2.50. The van der Waals surface area contributed by atoms with Gasteiger partial charge in [-0.3, -0.25) is 0 Å². The Balaban J connectivity index is 2.52. The van der Waals surface area contributed by atoms with Crippen LogP contribution in [-0.4, -0.2) is 33.0 Å². The van der Waals surface area contributed by atoms with Crippen molar-refractivity contribution < 1.29 is 18.8 Å². The van der Waals surface area contributed by atoms with Gasteiger partial charge in [-0.25, -0.2) is 9.59 Å². The average molecular weight is 245 g/mol. The molecule has 1 heterocycles. The van der Waals surface area contributed by atoms with Gasteiger partial charge in [-0.15, -0.1) is 0 Å². The van der Waals surface area contributed by atoms with Crippen LogP contribution in [0.3, 0.4) is 0 Å². The average Bonchev–Trinajstić information content (AvgIpc) is 2.39. The highest BCUT2D eigenvalue weighted by Gasteiger charge is 2.40. The van der Waals surface area contributed by atoms with Crippen molar-refractivity contribution in [2.24, 2.45) is 0 Å². The number of amides is 1. The molecule has 0 aromatic heterocycles. The number of ether oxygens (including phenoxy) is 1. The molecule has 1 amide bonds. The zero-order valence-corrected chi connectivity index (χ0v) is 11.4. The molecule has 1 saturated heterocycles. The first-order chi connectivity index (χ1) is 7.13. The van der Waals surface area contributed by atoms with Crippen LogP contribution in [-0.2, 0) is 14.0 Å². The minimum atomic E-state index is -1.88. The quantitative estimate of drug-likeness (QED) is 0.466. The van der Waals surface area contributed by atoms with E-state index >= 15 is 0 Å². The number of carbonyl (C=O) groups is 2. The predicted octanol–water partition coefficient (Wildman–Crippen LogP) is 1.64. The highest BCUT2D eigenvalue weighted by molar-refractivity contribution is 6.74. The molecule has 0 unspecified atom stereocenters. The molecule has 0 spiro atoms. The summed E-state index contributed by atoms with van der Waals surface area (Å²) in [6, 6.07) is -0.651. The molecule has 1 aliphatic rings. The maximum atomic E-state index is 11.2. The lowest BCUT2D eigenvalue weighted by Crippen LogP contribution is -2.45. The van der Waals surface area contributed by atoms with Crippen LogP contribution >= 0.6 is 0 Å². The number of hydrogen-bond donors (Lipinski definition) is 1. The lowest BCUT2D eigenvalue weighted by Gasteiger charge is -2.36. The number of rotatable bonds is 3. The Morgan fingerprint density at radius 1 is 1.38 bits per heavy atom. The van der Waals surface area contributed by atoms with Crippen molar-refractivity contribution in [3.05, 3.63) is 0 Å². The van der Waals surface area contributed by atoms with Crippen molar-refractivity contribution in [3.8, 4) is 0 Å². The van der Waals surface area contributed by atoms with E-state index in [1.807, 2.05) is 0 Å². The van der Waals surface area contributed by atoms with Gasteiger partial charge in [-0.1, -0.05) is 20.8 Å². The Hall–Kier alpha value is -0.883. The van der Waals surface area contributed by atoms with E-state index in [-0.39, 0.29) is 11.6 Å². The molecule has 92 valence electrons. The standard InChI is InChI=1S/C10H19NO4Si/c1-10(2,3)16(4,5)14-6-7-8(12)15-9(13)11-7/h7H,6H2,1-5H3,(H,11,13)/t7-/m1/s1. The molecule has 16 heavy (non-hydrogen) atoms. The van der Waals surface area contributed by atoms with E-state index in [1.165, 1.54) is 0 Å². The fourth-order valence-corrected chi connectivity index (χ4v) is 2.03. The molecule has 0 radical (unpaired) electrons. The van der Waals surface area contributed by atoms with E-state index in [9.17, 15) is 9.59 Å². The van der Waals surface area contributed by atoms with Crippen molar-refractivity contribution in [2.75, 3.05) is 6.61 Å². The van der Waals surface area contributed by atoms with Crippen LogP contribution < -0.4 is 5.32 Å². The molecule has 0 aromatic carbocycles. The van der Waals surface area contributed by atoms with Gasteiger partial charge in [0.05, 0.1) is 6.61 Å². The van der Waals surface area contributed by atoms with E-state index in [2.05, 4.69) is 43.9 Å². The van der Waals surface area contributed by atoms with Gasteiger partial charge >= 0.3 is 12.1 Å². The van der Waals surface area contributed by atoms with E-state index < -0.39 is 26.4 Å². The molecule has 1 N–H and O–H groups in total. The summed E-state index contributed by atoms with van der Waals surface area (Å²) in [4.78, 5) is 22.0. The van der Waals surface area contributed by atoms with Crippen molar-refractivity contribution in [1.29, 1.82) is 0 Å². The molecular formula is C10H19NO4Si. The van der Waals surface area contributed by atoms with Crippen molar-refractivity contribution >= 4 is 20.4 Å². The summed E-state index contributed by atoms with van der Waals surface area (Å²) in [6.45, 7) is 10.7. The van der Waals surface area contributed by atoms with Gasteiger partial charge in [0.1, 0.15) is 0 Å². The molecule has 1 rings (SSSR count). The number of alkyl carbamates (subject to hydrolysis) is 1. The largest absolute Gasteiger partial charge is 0.415 e. The molecule has 0 aromatic rings. The normalized spacial score (nSPS) is 21.9. The molecular weight excluding hydrogens is 226 g/mol. The summed E-state index contributed by atoms with van der Waals surface area (Å²) < 4.78 is 10.2. The Morgan fingerprint density at radius 3 is 2.31 bits per heavy atom. The van der Waals surface area contributed by atoms with E-state index in [1.54, 1.807) is 0 Å². The second-order valence-electron chi connectivity index (χ2n) is 5.48. The molecule has 0 aliphatic carbocycles. The minimum absolute atomic E-state index is 0.0829. The number of hydrogen-bond acceptors (Lipinski definition) is 4. The molecule has 1 fully saturated rings. The summed E-state index contributed by atoms with van der Waals surface area (Å²) in [6.07, 6.45) is -0.686. The zero-order valence-electron chi connectivity index (χ0n) is 10.4. The summed E-state index contributed by atoms with van der Waals surface area (Å²) in [5.41, 5.74) is 0. The van der Waals surface area contributed by atoms with E-state index in [0.717, 1.165) is 0 Å². The van der Waals surface area contributed by atoms with Crippen LogP contribution in [0.2, 0.25) is 18.1 Å². The predicted molar refractivity (Wildman–Crippen MR) is 61.6 cm³/mol. The second kappa shape index (κ2) is 4.18. The van der Waals surface area contributed by atoms with Gasteiger partial charge in [0.2, 0.25) is 0 Å². The monoisotopic (exact) mass is 245 g/mol. The number of cyclic esters (lactones) is 2. The van der Waals surface area contributed by atoms with Gasteiger partial charge in [0, 0.05) is 0 Å². The maximum Gasteiger partial charge on any atom is 0.415 e. The summed E-state index contributed by atoms with van der Waals surface area (Å²) in [5.74, 6) is -0.552. The molecule has 1 atom stereocenters. The number of carbonyl (C=O) groups excluding carboxylic acids is 2. The maximum absolute atomic E-state index is 11.2. The Kier molecular flexibility index (Phi) is 3.44. The van der Waals surface area contributed by atoms with Crippen molar-refractivity contribution in [2.45, 2.75) is 44.9 Å². The first kappa shape index (κ1) is 13.2. The summed E-state index contributed by atoms with van der Waals surface area (Å²) in [7, 11) is -1.88. The van der Waals surface area contributed by atoms with Crippen LogP contribution in [0, 0.1) is 0 Å². The number of esters is 1. The van der Waals surface area contributed by atoms with Crippen LogP contribution in [0.15, 0.2) is 0 Å². The second-order valence-corrected chi connectivity index (χ2v) is 10.3. The fourth-order valence-electron chi connectivity index (χ4n) is 1.01. The Labute approximate surface area is 96.6 Å². The highest BCUT2D eigenvalue weighted by atomic mass is 28.4. The van der Waals surface area contributed by atoms with Crippen molar-refractivity contribution in [1.82, 2.24) is 5.32 Å². The van der Waals surface area contributed by atoms with Gasteiger partial charge in [0.15, 0.2) is 14.4 Å². The zero-order chi connectivity index (χ0) is 12.6. The topological polar surface area (TPSA) is 64.6 Å². The first-order valence-corrected chi connectivity index (χ1v) is 8.20. The SMILES string of the molecule is CC(C)(C)[Si](C)(C)OC[C@H]1NC(=O)OC1=O. The smallest absolute Gasteiger partial charge is 0.414 e. The summed E-state index contributed by atoms with van der Waals surface area (Å²) >= 11 is 0. The minimum Gasteiger partial charge on any atom is -0.414 e. The molecule has 6 heteroatoms. The third-order valence-corrected chi connectivity index (χ3v) is 7.69. The first-order valence-electron chi connectivity index (χ1n) is 5.29. The third kappa shape index (κ3) is 2.82. The lowest BCUT2D eigenvalue weighted by atomic mass is 10.2. The van der Waals surface area contributed by atoms with Crippen LogP contribution in [0.5, 0.6) is 0 Å². The Bertz CT molecular complexity index is 308. The van der Waals surface area contributed by atoms with Crippen LogP contribution in [0.1, 0.15) is 20.8 Å². The van der Waals surface area contributed by atoms with E-state index in [0.29, 0.717) is 0 Å². The van der Waals surface area contributed by atoms with Crippen LogP contribution in [0.25, 0.3) is 0 Å². The number of nitrogens with one attached hydrogen (secondary N) is 1.